The first-order valence-corrected chi connectivity index (χ1v) is 4.97. The van der Waals surface area contributed by atoms with Gasteiger partial charge in [0.05, 0.1) is 5.69 Å². The Kier molecular flexibility index (Phi) is 2.75. The van der Waals surface area contributed by atoms with Crippen LogP contribution in [0.5, 0.6) is 0 Å². The zero-order valence-corrected chi connectivity index (χ0v) is 9.13. The van der Waals surface area contributed by atoms with Crippen LogP contribution in [-0.4, -0.2) is 9.97 Å². The molecule has 0 saturated carbocycles. The number of benzene rings is 1. The third-order valence-corrected chi connectivity index (χ3v) is 2.24. The van der Waals surface area contributed by atoms with Crippen LogP contribution in [0.25, 0.3) is 11.3 Å². The summed E-state index contributed by atoms with van der Waals surface area (Å²) in [6.45, 7) is 0. The SMILES string of the molecule is Nc1cc(-c2cccc(Cl)c2)nc(Cl)n1. The Morgan fingerprint density at radius 3 is 2.53 bits per heavy atom. The lowest BCUT2D eigenvalue weighted by molar-refractivity contribution is 1.18. The Morgan fingerprint density at radius 2 is 1.87 bits per heavy atom. The van der Waals surface area contributed by atoms with Gasteiger partial charge in [-0.1, -0.05) is 23.7 Å². The van der Waals surface area contributed by atoms with Gasteiger partial charge in [0, 0.05) is 16.7 Å². The molecule has 5 heteroatoms. The number of nitrogens with zero attached hydrogens (tertiary/aromatic N) is 2. The molecule has 0 spiro atoms. The first kappa shape index (κ1) is 10.2. The van der Waals surface area contributed by atoms with Crippen molar-refractivity contribution in [1.82, 2.24) is 9.97 Å². The number of nitrogens with two attached hydrogens (primary N) is 1. The molecule has 2 N–H and O–H groups in total. The molecule has 1 aromatic heterocycles. The fraction of sp³-hybridized carbons (Fsp3) is 0. The molecule has 0 bridgehead atoms. The number of nitrogen functional groups attached to an aromatic ring is 1. The molecule has 0 atom stereocenters. The lowest BCUT2D eigenvalue weighted by Gasteiger charge is -2.02. The summed E-state index contributed by atoms with van der Waals surface area (Å²) in [7, 11) is 0. The van der Waals surface area contributed by atoms with Gasteiger partial charge in [0.1, 0.15) is 5.82 Å². The van der Waals surface area contributed by atoms with E-state index >= 15 is 0 Å². The highest BCUT2D eigenvalue weighted by molar-refractivity contribution is 6.30. The monoisotopic (exact) mass is 239 g/mol. The van der Waals surface area contributed by atoms with Gasteiger partial charge in [-0.15, -0.1) is 0 Å². The maximum atomic E-state index is 5.87. The predicted molar refractivity (Wildman–Crippen MR) is 61.9 cm³/mol. The molecule has 2 rings (SSSR count). The zero-order chi connectivity index (χ0) is 10.8. The predicted octanol–water partition coefficient (Wildman–Crippen LogP) is 3.03. The van der Waals surface area contributed by atoms with Crippen LogP contribution in [0, 0.1) is 0 Å². The van der Waals surface area contributed by atoms with Crippen molar-refractivity contribution >= 4 is 29.0 Å². The third kappa shape index (κ3) is 2.37. The van der Waals surface area contributed by atoms with Crippen LogP contribution in [0.15, 0.2) is 30.3 Å². The maximum absolute atomic E-state index is 5.87. The van der Waals surface area contributed by atoms with Crippen molar-refractivity contribution in [1.29, 1.82) is 0 Å². The van der Waals surface area contributed by atoms with Gasteiger partial charge in [-0.3, -0.25) is 0 Å². The largest absolute Gasteiger partial charge is 0.384 e. The van der Waals surface area contributed by atoms with Crippen molar-refractivity contribution in [3.05, 3.63) is 40.6 Å². The Labute approximate surface area is 96.9 Å². The molecule has 15 heavy (non-hydrogen) atoms. The van der Waals surface area contributed by atoms with E-state index in [4.69, 9.17) is 28.9 Å². The van der Waals surface area contributed by atoms with Crippen LogP contribution in [0.1, 0.15) is 0 Å². The molecular formula is C10H7Cl2N3. The Balaban J connectivity index is 2.54. The smallest absolute Gasteiger partial charge is 0.224 e. The van der Waals surface area contributed by atoms with Crippen LogP contribution in [-0.2, 0) is 0 Å². The van der Waals surface area contributed by atoms with Crippen LogP contribution >= 0.6 is 23.2 Å². The molecule has 3 nitrogen and oxygen atoms in total. The minimum Gasteiger partial charge on any atom is -0.384 e. The molecule has 76 valence electrons. The summed E-state index contributed by atoms with van der Waals surface area (Å²) in [5.41, 5.74) is 7.09. The second-order valence-electron chi connectivity index (χ2n) is 2.96. The topological polar surface area (TPSA) is 51.8 Å². The Morgan fingerprint density at radius 1 is 1.07 bits per heavy atom. The van der Waals surface area contributed by atoms with Crippen molar-refractivity contribution in [2.45, 2.75) is 0 Å². The van der Waals surface area contributed by atoms with Crippen LogP contribution in [0.2, 0.25) is 10.3 Å². The zero-order valence-electron chi connectivity index (χ0n) is 7.61. The first-order chi connectivity index (χ1) is 7.15. The van der Waals surface area contributed by atoms with Gasteiger partial charge in [-0.25, -0.2) is 9.97 Å². The average molecular weight is 240 g/mol. The molecule has 0 saturated heterocycles. The molecule has 1 heterocycles. The lowest BCUT2D eigenvalue weighted by atomic mass is 10.1. The Hall–Kier alpha value is -1.32. The number of hydrogen-bond acceptors (Lipinski definition) is 3. The van der Waals surface area contributed by atoms with E-state index in [1.807, 2.05) is 12.1 Å². The minimum atomic E-state index is 0.130. The van der Waals surface area contributed by atoms with E-state index in [0.29, 0.717) is 16.5 Å². The van der Waals surface area contributed by atoms with Crippen LogP contribution < -0.4 is 5.73 Å². The highest BCUT2D eigenvalue weighted by Crippen LogP contribution is 2.22. The summed E-state index contributed by atoms with van der Waals surface area (Å²) in [6, 6.07) is 8.95. The van der Waals surface area contributed by atoms with Gasteiger partial charge >= 0.3 is 0 Å². The summed E-state index contributed by atoms with van der Waals surface area (Å²) >= 11 is 11.6. The van der Waals surface area contributed by atoms with E-state index in [-0.39, 0.29) is 5.28 Å². The Bertz CT molecular complexity index is 480. The second-order valence-corrected chi connectivity index (χ2v) is 3.73. The number of rotatable bonds is 1. The van der Waals surface area contributed by atoms with Crippen molar-refractivity contribution < 1.29 is 0 Å². The van der Waals surface area contributed by atoms with Crippen LogP contribution in [0.3, 0.4) is 0 Å². The lowest BCUT2D eigenvalue weighted by Crippen LogP contribution is -1.94. The van der Waals surface area contributed by atoms with E-state index < -0.39 is 0 Å². The quantitative estimate of drug-likeness (QED) is 0.779. The molecule has 0 aliphatic carbocycles. The van der Waals surface area contributed by atoms with E-state index in [1.54, 1.807) is 18.2 Å². The maximum Gasteiger partial charge on any atom is 0.224 e. The molecule has 1 aromatic carbocycles. The van der Waals surface area contributed by atoms with Crippen molar-refractivity contribution in [3.8, 4) is 11.3 Å². The van der Waals surface area contributed by atoms with E-state index in [1.165, 1.54) is 0 Å². The number of anilines is 1. The van der Waals surface area contributed by atoms with Crippen molar-refractivity contribution in [3.63, 3.8) is 0 Å². The molecule has 0 amide bonds. The molecule has 0 radical (unpaired) electrons. The number of aromatic nitrogens is 2. The summed E-state index contributed by atoms with van der Waals surface area (Å²) in [4.78, 5) is 7.84. The summed E-state index contributed by atoms with van der Waals surface area (Å²) in [5.74, 6) is 0.338. The third-order valence-electron chi connectivity index (χ3n) is 1.84. The number of halogens is 2. The van der Waals surface area contributed by atoms with Crippen molar-refractivity contribution in [2.24, 2.45) is 0 Å². The fourth-order valence-electron chi connectivity index (χ4n) is 1.23. The van der Waals surface area contributed by atoms with E-state index in [0.717, 1.165) is 5.56 Å². The van der Waals surface area contributed by atoms with E-state index in [2.05, 4.69) is 9.97 Å². The number of hydrogen-bond donors (Lipinski definition) is 1. The minimum absolute atomic E-state index is 0.130. The molecule has 0 fully saturated rings. The normalized spacial score (nSPS) is 10.3. The van der Waals surface area contributed by atoms with Crippen molar-refractivity contribution in [2.75, 3.05) is 5.73 Å². The molecule has 2 aromatic rings. The molecule has 0 aliphatic heterocycles. The van der Waals surface area contributed by atoms with Gasteiger partial charge in [0.15, 0.2) is 0 Å². The molecule has 0 aliphatic rings. The molecular weight excluding hydrogens is 233 g/mol. The van der Waals surface area contributed by atoms with E-state index in [9.17, 15) is 0 Å². The van der Waals surface area contributed by atoms with Gasteiger partial charge in [0.25, 0.3) is 0 Å². The van der Waals surface area contributed by atoms with Gasteiger partial charge < -0.3 is 5.73 Å². The highest BCUT2D eigenvalue weighted by Gasteiger charge is 2.03. The van der Waals surface area contributed by atoms with Gasteiger partial charge in [-0.2, -0.15) is 0 Å². The van der Waals surface area contributed by atoms with Gasteiger partial charge in [0.2, 0.25) is 5.28 Å². The summed E-state index contributed by atoms with van der Waals surface area (Å²) < 4.78 is 0. The second kappa shape index (κ2) is 4.04. The summed E-state index contributed by atoms with van der Waals surface area (Å²) in [5, 5.41) is 0.769. The first-order valence-electron chi connectivity index (χ1n) is 4.21. The summed E-state index contributed by atoms with van der Waals surface area (Å²) in [6.07, 6.45) is 0. The average Bonchev–Trinajstić information content (AvgIpc) is 2.16. The van der Waals surface area contributed by atoms with Crippen LogP contribution in [0.4, 0.5) is 5.82 Å². The standard InChI is InChI=1S/C10H7Cl2N3/c11-7-3-1-2-6(4-7)8-5-9(13)15-10(12)14-8/h1-5H,(H2,13,14,15). The molecule has 0 unspecified atom stereocenters. The fourth-order valence-corrected chi connectivity index (χ4v) is 1.61. The highest BCUT2D eigenvalue weighted by atomic mass is 35.5. The van der Waals surface area contributed by atoms with Gasteiger partial charge in [-0.05, 0) is 23.7 Å².